The van der Waals surface area contributed by atoms with Crippen LogP contribution < -0.4 is 0 Å². The Hall–Kier alpha value is -1.60. The minimum absolute atomic E-state index is 0.0316. The fourth-order valence-electron chi connectivity index (χ4n) is 0.874. The van der Waals surface area contributed by atoms with Crippen LogP contribution in [-0.2, 0) is 6.18 Å². The molecule has 1 aromatic heterocycles. The average molecular weight is 230 g/mol. The van der Waals surface area contributed by atoms with Crippen molar-refractivity contribution in [2.45, 2.75) is 12.6 Å². The second-order valence-corrected chi connectivity index (χ2v) is 2.49. The quantitative estimate of drug-likeness (QED) is 0.794. The Labute approximate surface area is 79.1 Å². The van der Waals surface area contributed by atoms with Crippen LogP contribution in [0.4, 0.5) is 22.0 Å². The van der Waals surface area contributed by atoms with E-state index in [0.717, 1.165) is 0 Å². The maximum absolute atomic E-state index is 12.1. The van der Waals surface area contributed by atoms with Crippen LogP contribution in [0, 0.1) is 0 Å². The smallest absolute Gasteiger partial charge is 0.449 e. The van der Waals surface area contributed by atoms with E-state index >= 15 is 0 Å². The van der Waals surface area contributed by atoms with Gasteiger partial charge in [-0.1, -0.05) is 0 Å². The average Bonchev–Trinajstić information content (AvgIpc) is 2.45. The third kappa shape index (κ3) is 2.25. The first-order valence-electron chi connectivity index (χ1n) is 3.46. The molecule has 84 valence electrons. The van der Waals surface area contributed by atoms with E-state index in [1.165, 1.54) is 0 Å². The van der Waals surface area contributed by atoms with Crippen LogP contribution in [0.2, 0.25) is 0 Å². The number of hydrogen-bond donors (Lipinski definition) is 1. The van der Waals surface area contributed by atoms with Crippen molar-refractivity contribution >= 4 is 5.97 Å². The van der Waals surface area contributed by atoms with Crippen LogP contribution in [0.3, 0.4) is 0 Å². The summed E-state index contributed by atoms with van der Waals surface area (Å²) in [5, 5.41) is 8.33. The molecule has 0 unspecified atom stereocenters. The summed E-state index contributed by atoms with van der Waals surface area (Å²) in [6, 6.07) is 0.0316. The Balaban J connectivity index is 3.28. The lowest BCUT2D eigenvalue weighted by Gasteiger charge is -2.00. The zero-order valence-corrected chi connectivity index (χ0v) is 6.81. The van der Waals surface area contributed by atoms with E-state index < -0.39 is 35.7 Å². The lowest BCUT2D eigenvalue weighted by atomic mass is 10.2. The molecule has 0 saturated heterocycles. The first-order valence-corrected chi connectivity index (χ1v) is 3.46. The van der Waals surface area contributed by atoms with Crippen molar-refractivity contribution in [2.24, 2.45) is 0 Å². The molecule has 8 heteroatoms. The second kappa shape index (κ2) is 3.52. The zero-order chi connectivity index (χ0) is 11.8. The molecule has 1 heterocycles. The predicted molar refractivity (Wildman–Crippen MR) is 35.6 cm³/mol. The Morgan fingerprint density at radius 1 is 1.40 bits per heavy atom. The largest absolute Gasteiger partial charge is 0.478 e. The second-order valence-electron chi connectivity index (χ2n) is 2.49. The van der Waals surface area contributed by atoms with Gasteiger partial charge in [0.15, 0.2) is 5.76 Å². The molecule has 15 heavy (non-hydrogen) atoms. The number of furan rings is 1. The van der Waals surface area contributed by atoms with Gasteiger partial charge in [0.1, 0.15) is 5.56 Å². The number of alkyl halides is 5. The number of halogens is 5. The normalized spacial score (nSPS) is 12.1. The summed E-state index contributed by atoms with van der Waals surface area (Å²) in [6.45, 7) is 0. The molecule has 0 aromatic carbocycles. The SMILES string of the molecule is O=C(O)c1cc(C(F)(F)F)oc1C(F)F. The monoisotopic (exact) mass is 230 g/mol. The maximum atomic E-state index is 12.1. The summed E-state index contributed by atoms with van der Waals surface area (Å²) in [6.07, 6.45) is -8.40. The molecule has 0 atom stereocenters. The highest BCUT2D eigenvalue weighted by atomic mass is 19.4. The highest BCUT2D eigenvalue weighted by Gasteiger charge is 2.38. The minimum Gasteiger partial charge on any atom is -0.478 e. The molecule has 0 radical (unpaired) electrons. The minimum atomic E-state index is -4.99. The van der Waals surface area contributed by atoms with E-state index in [4.69, 9.17) is 5.11 Å². The summed E-state index contributed by atoms with van der Waals surface area (Å²) in [5.41, 5.74) is -1.18. The van der Waals surface area contributed by atoms with E-state index in [2.05, 4.69) is 4.42 Å². The molecule has 1 aromatic rings. The number of carboxylic acid groups (broad SMARTS) is 1. The van der Waals surface area contributed by atoms with Gasteiger partial charge in [-0.3, -0.25) is 0 Å². The van der Waals surface area contributed by atoms with Gasteiger partial charge in [0.05, 0.1) is 0 Å². The Morgan fingerprint density at radius 2 is 1.93 bits per heavy atom. The third-order valence-electron chi connectivity index (χ3n) is 1.47. The number of hydrogen-bond acceptors (Lipinski definition) is 2. The molecular weight excluding hydrogens is 227 g/mol. The van der Waals surface area contributed by atoms with Crippen LogP contribution in [-0.4, -0.2) is 11.1 Å². The first kappa shape index (κ1) is 11.5. The van der Waals surface area contributed by atoms with Crippen molar-refractivity contribution in [1.82, 2.24) is 0 Å². The van der Waals surface area contributed by atoms with Crippen LogP contribution in [0.25, 0.3) is 0 Å². The Kier molecular flexibility index (Phi) is 2.69. The van der Waals surface area contributed by atoms with Crippen molar-refractivity contribution in [1.29, 1.82) is 0 Å². The number of rotatable bonds is 2. The van der Waals surface area contributed by atoms with Gasteiger partial charge in [-0.25, -0.2) is 13.6 Å². The number of aromatic carboxylic acids is 1. The predicted octanol–water partition coefficient (Wildman–Crippen LogP) is 2.93. The van der Waals surface area contributed by atoms with E-state index in [1.54, 1.807) is 0 Å². The van der Waals surface area contributed by atoms with Gasteiger partial charge < -0.3 is 9.52 Å². The van der Waals surface area contributed by atoms with E-state index in [1.807, 2.05) is 0 Å². The van der Waals surface area contributed by atoms with E-state index in [-0.39, 0.29) is 6.07 Å². The third-order valence-corrected chi connectivity index (χ3v) is 1.47. The molecule has 1 rings (SSSR count). The molecule has 0 bridgehead atoms. The highest BCUT2D eigenvalue weighted by molar-refractivity contribution is 5.89. The standard InChI is InChI=1S/C7H3F5O3/c8-5(9)4-2(6(13)14)1-3(15-4)7(10,11)12/h1,5H,(H,13,14). The summed E-state index contributed by atoms with van der Waals surface area (Å²) in [4.78, 5) is 10.3. The lowest BCUT2D eigenvalue weighted by Crippen LogP contribution is -2.02. The molecule has 0 saturated carbocycles. The molecule has 0 fully saturated rings. The maximum Gasteiger partial charge on any atom is 0.449 e. The van der Waals surface area contributed by atoms with Crippen LogP contribution in [0.15, 0.2) is 10.5 Å². The summed E-state index contributed by atoms with van der Waals surface area (Å²) in [7, 11) is 0. The number of carbonyl (C=O) groups is 1. The van der Waals surface area contributed by atoms with Crippen molar-refractivity contribution in [3.63, 3.8) is 0 Å². The van der Waals surface area contributed by atoms with Crippen molar-refractivity contribution in [3.8, 4) is 0 Å². The van der Waals surface area contributed by atoms with E-state index in [0.29, 0.717) is 0 Å². The molecule has 0 aliphatic heterocycles. The molecule has 1 N–H and O–H groups in total. The molecule has 3 nitrogen and oxygen atoms in total. The van der Waals surface area contributed by atoms with Gasteiger partial charge in [0.2, 0.25) is 5.76 Å². The molecule has 0 aliphatic carbocycles. The first-order chi connectivity index (χ1) is 6.73. The number of carboxylic acids is 1. The van der Waals surface area contributed by atoms with Gasteiger partial charge in [-0.15, -0.1) is 0 Å². The van der Waals surface area contributed by atoms with Gasteiger partial charge >= 0.3 is 12.1 Å². The fourth-order valence-corrected chi connectivity index (χ4v) is 0.874. The highest BCUT2D eigenvalue weighted by Crippen LogP contribution is 2.35. The summed E-state index contributed by atoms with van der Waals surface area (Å²) in [5.74, 6) is -5.14. The zero-order valence-electron chi connectivity index (χ0n) is 6.81. The summed E-state index contributed by atoms with van der Waals surface area (Å²) < 4.78 is 63.8. The lowest BCUT2D eigenvalue weighted by molar-refractivity contribution is -0.154. The fraction of sp³-hybridized carbons (Fsp3) is 0.286. The van der Waals surface area contributed by atoms with Crippen molar-refractivity contribution in [2.75, 3.05) is 0 Å². The van der Waals surface area contributed by atoms with Crippen molar-refractivity contribution < 1.29 is 36.3 Å². The van der Waals surface area contributed by atoms with Crippen LogP contribution >= 0.6 is 0 Å². The van der Waals surface area contributed by atoms with Crippen LogP contribution in [0.1, 0.15) is 28.3 Å². The van der Waals surface area contributed by atoms with Gasteiger partial charge in [0.25, 0.3) is 6.43 Å². The molecule has 0 aliphatic rings. The Morgan fingerprint density at radius 3 is 2.20 bits per heavy atom. The molecular formula is C7H3F5O3. The topological polar surface area (TPSA) is 50.4 Å². The Bertz CT molecular complexity index is 378. The van der Waals surface area contributed by atoms with Crippen LogP contribution in [0.5, 0.6) is 0 Å². The molecule has 0 amide bonds. The molecule has 0 spiro atoms. The summed E-state index contributed by atoms with van der Waals surface area (Å²) >= 11 is 0. The van der Waals surface area contributed by atoms with Crippen molar-refractivity contribution in [3.05, 3.63) is 23.2 Å². The van der Waals surface area contributed by atoms with Gasteiger partial charge in [0, 0.05) is 6.07 Å². The van der Waals surface area contributed by atoms with E-state index in [9.17, 15) is 26.7 Å². The van der Waals surface area contributed by atoms with Gasteiger partial charge in [-0.05, 0) is 0 Å². The van der Waals surface area contributed by atoms with Gasteiger partial charge in [-0.2, -0.15) is 13.2 Å².